The highest BCUT2D eigenvalue weighted by Gasteiger charge is 2.43. The largest absolute Gasteiger partial charge is 0.356 e. The molecule has 0 spiro atoms. The van der Waals surface area contributed by atoms with Gasteiger partial charge in [-0.25, -0.2) is 0 Å². The van der Waals surface area contributed by atoms with Crippen LogP contribution in [0.3, 0.4) is 0 Å². The third kappa shape index (κ3) is 4.00. The zero-order valence-electron chi connectivity index (χ0n) is 16.7. The van der Waals surface area contributed by atoms with Crippen LogP contribution >= 0.6 is 0 Å². The van der Waals surface area contributed by atoms with Crippen molar-refractivity contribution in [1.82, 2.24) is 0 Å². The molecule has 28 heavy (non-hydrogen) atoms. The lowest BCUT2D eigenvalue weighted by Crippen LogP contribution is -2.44. The lowest BCUT2D eigenvalue weighted by atomic mass is 9.85. The SMILES string of the molecule is CCOC(C(=O)Nc1ccc(C(C)C)cc1)(c1ccccc1)c1ccccc1. The summed E-state index contributed by atoms with van der Waals surface area (Å²) in [5.74, 6) is 0.241. The molecule has 0 atom stereocenters. The lowest BCUT2D eigenvalue weighted by Gasteiger charge is -2.33. The van der Waals surface area contributed by atoms with Gasteiger partial charge in [0, 0.05) is 12.3 Å². The molecule has 144 valence electrons. The summed E-state index contributed by atoms with van der Waals surface area (Å²) in [5.41, 5.74) is 2.39. The molecule has 0 aliphatic heterocycles. The quantitative estimate of drug-likeness (QED) is 0.574. The van der Waals surface area contributed by atoms with Gasteiger partial charge in [-0.3, -0.25) is 4.79 Å². The first-order valence-corrected chi connectivity index (χ1v) is 9.74. The predicted octanol–water partition coefficient (Wildman–Crippen LogP) is 5.73. The molecular weight excluding hydrogens is 346 g/mol. The standard InChI is InChI=1S/C25H27NO2/c1-4-28-25(21-11-7-5-8-12-21,22-13-9-6-10-14-22)24(27)26-23-17-15-20(16-18-23)19(2)3/h5-19H,4H2,1-3H3,(H,26,27). The Hall–Kier alpha value is -2.91. The summed E-state index contributed by atoms with van der Waals surface area (Å²) < 4.78 is 6.19. The molecule has 0 aliphatic carbocycles. The highest BCUT2D eigenvalue weighted by Crippen LogP contribution is 2.35. The molecular formula is C25H27NO2. The van der Waals surface area contributed by atoms with Crippen molar-refractivity contribution in [2.24, 2.45) is 0 Å². The Labute approximate surface area is 167 Å². The highest BCUT2D eigenvalue weighted by atomic mass is 16.5. The topological polar surface area (TPSA) is 38.3 Å². The van der Waals surface area contributed by atoms with Gasteiger partial charge in [-0.15, -0.1) is 0 Å². The minimum Gasteiger partial charge on any atom is -0.356 e. The van der Waals surface area contributed by atoms with Gasteiger partial charge in [0.15, 0.2) is 5.60 Å². The van der Waals surface area contributed by atoms with Gasteiger partial charge in [0.2, 0.25) is 0 Å². The fourth-order valence-corrected chi connectivity index (χ4v) is 3.39. The molecule has 0 fully saturated rings. The van der Waals surface area contributed by atoms with E-state index < -0.39 is 5.60 Å². The van der Waals surface area contributed by atoms with E-state index in [1.54, 1.807) is 0 Å². The number of rotatable bonds is 7. The third-order valence-electron chi connectivity index (χ3n) is 4.88. The van der Waals surface area contributed by atoms with Crippen LogP contribution in [0.5, 0.6) is 0 Å². The molecule has 3 rings (SSSR count). The number of benzene rings is 3. The van der Waals surface area contributed by atoms with E-state index in [1.807, 2.05) is 91.9 Å². The molecule has 3 aromatic rings. The maximum Gasteiger partial charge on any atom is 0.265 e. The van der Waals surface area contributed by atoms with Gasteiger partial charge < -0.3 is 10.1 Å². The van der Waals surface area contributed by atoms with Crippen molar-refractivity contribution in [2.75, 3.05) is 11.9 Å². The molecule has 0 radical (unpaired) electrons. The number of nitrogens with one attached hydrogen (secondary N) is 1. The molecule has 0 bridgehead atoms. The van der Waals surface area contributed by atoms with Crippen LogP contribution in [0.1, 0.15) is 43.4 Å². The Morgan fingerprint density at radius 1 is 0.857 bits per heavy atom. The van der Waals surface area contributed by atoms with Gasteiger partial charge in [-0.2, -0.15) is 0 Å². The normalized spacial score (nSPS) is 11.4. The number of amides is 1. The molecule has 3 heteroatoms. The van der Waals surface area contributed by atoms with Crippen LogP contribution in [0.4, 0.5) is 5.69 Å². The Bertz CT molecular complexity index is 847. The van der Waals surface area contributed by atoms with E-state index in [9.17, 15) is 4.79 Å². The first kappa shape index (κ1) is 19.8. The summed E-state index contributed by atoms with van der Waals surface area (Å²) in [7, 11) is 0. The van der Waals surface area contributed by atoms with Crippen LogP contribution in [-0.4, -0.2) is 12.5 Å². The maximum atomic E-state index is 13.6. The number of carbonyl (C=O) groups excluding carboxylic acids is 1. The molecule has 0 saturated carbocycles. The monoisotopic (exact) mass is 373 g/mol. The average molecular weight is 373 g/mol. The second-order valence-electron chi connectivity index (χ2n) is 7.08. The first-order valence-electron chi connectivity index (χ1n) is 9.74. The smallest absolute Gasteiger partial charge is 0.265 e. The molecule has 1 N–H and O–H groups in total. The molecule has 0 aliphatic rings. The van der Waals surface area contributed by atoms with E-state index in [-0.39, 0.29) is 5.91 Å². The number of hydrogen-bond acceptors (Lipinski definition) is 2. The van der Waals surface area contributed by atoms with Crippen molar-refractivity contribution in [2.45, 2.75) is 32.3 Å². The fourth-order valence-electron chi connectivity index (χ4n) is 3.39. The average Bonchev–Trinajstić information content (AvgIpc) is 2.73. The van der Waals surface area contributed by atoms with E-state index in [4.69, 9.17) is 4.74 Å². The summed E-state index contributed by atoms with van der Waals surface area (Å²) in [6.45, 7) is 6.62. The van der Waals surface area contributed by atoms with Crippen molar-refractivity contribution in [3.63, 3.8) is 0 Å². The van der Waals surface area contributed by atoms with Gasteiger partial charge in [0.05, 0.1) is 0 Å². The number of hydrogen-bond donors (Lipinski definition) is 1. The molecule has 1 amide bonds. The van der Waals surface area contributed by atoms with Crippen molar-refractivity contribution in [3.05, 3.63) is 102 Å². The zero-order valence-corrected chi connectivity index (χ0v) is 16.7. The van der Waals surface area contributed by atoms with Crippen molar-refractivity contribution < 1.29 is 9.53 Å². The van der Waals surface area contributed by atoms with Crippen molar-refractivity contribution in [1.29, 1.82) is 0 Å². The van der Waals surface area contributed by atoms with Crippen LogP contribution in [0.15, 0.2) is 84.9 Å². The van der Waals surface area contributed by atoms with E-state index in [0.29, 0.717) is 12.5 Å². The van der Waals surface area contributed by atoms with Gasteiger partial charge in [-0.1, -0.05) is 86.6 Å². The molecule has 0 aromatic heterocycles. The highest BCUT2D eigenvalue weighted by molar-refractivity contribution is 6.00. The summed E-state index contributed by atoms with van der Waals surface area (Å²) in [6.07, 6.45) is 0. The summed E-state index contributed by atoms with van der Waals surface area (Å²) in [6, 6.07) is 27.3. The van der Waals surface area contributed by atoms with E-state index in [1.165, 1.54) is 5.56 Å². The maximum absolute atomic E-state index is 13.6. The Kier molecular flexibility index (Phi) is 6.27. The van der Waals surface area contributed by atoms with E-state index in [2.05, 4.69) is 19.2 Å². The van der Waals surface area contributed by atoms with Gasteiger partial charge in [0.1, 0.15) is 0 Å². The molecule has 0 saturated heterocycles. The summed E-state index contributed by atoms with van der Waals surface area (Å²) in [5, 5.41) is 3.07. The number of carbonyl (C=O) groups is 1. The van der Waals surface area contributed by atoms with Crippen LogP contribution in [0, 0.1) is 0 Å². The first-order chi connectivity index (χ1) is 13.6. The fraction of sp³-hybridized carbons (Fsp3) is 0.240. The minimum absolute atomic E-state index is 0.205. The molecule has 3 aromatic carbocycles. The summed E-state index contributed by atoms with van der Waals surface area (Å²) in [4.78, 5) is 13.6. The van der Waals surface area contributed by atoms with Crippen LogP contribution < -0.4 is 5.32 Å². The van der Waals surface area contributed by atoms with E-state index >= 15 is 0 Å². The minimum atomic E-state index is -1.21. The Morgan fingerprint density at radius 3 is 1.79 bits per heavy atom. The summed E-state index contributed by atoms with van der Waals surface area (Å²) >= 11 is 0. The van der Waals surface area contributed by atoms with Crippen LogP contribution in [0.2, 0.25) is 0 Å². The van der Waals surface area contributed by atoms with Crippen LogP contribution in [0.25, 0.3) is 0 Å². The zero-order chi connectivity index (χ0) is 20.0. The Morgan fingerprint density at radius 2 is 1.36 bits per heavy atom. The lowest BCUT2D eigenvalue weighted by molar-refractivity contribution is -0.136. The third-order valence-corrected chi connectivity index (χ3v) is 4.88. The second kappa shape index (κ2) is 8.85. The molecule has 0 heterocycles. The van der Waals surface area contributed by atoms with Gasteiger partial charge in [0.25, 0.3) is 5.91 Å². The second-order valence-corrected chi connectivity index (χ2v) is 7.08. The predicted molar refractivity (Wildman–Crippen MR) is 114 cm³/mol. The van der Waals surface area contributed by atoms with Crippen molar-refractivity contribution in [3.8, 4) is 0 Å². The number of ether oxygens (including phenoxy) is 1. The van der Waals surface area contributed by atoms with Crippen molar-refractivity contribution >= 4 is 11.6 Å². The molecule has 0 unspecified atom stereocenters. The number of anilines is 1. The Balaban J connectivity index is 2.04. The van der Waals surface area contributed by atoms with E-state index in [0.717, 1.165) is 16.8 Å². The van der Waals surface area contributed by atoms with Crippen LogP contribution in [-0.2, 0) is 15.1 Å². The molecule has 3 nitrogen and oxygen atoms in total. The van der Waals surface area contributed by atoms with Gasteiger partial charge in [-0.05, 0) is 41.7 Å². The van der Waals surface area contributed by atoms with Gasteiger partial charge >= 0.3 is 0 Å².